The van der Waals surface area contributed by atoms with E-state index < -0.39 is 0 Å². The van der Waals surface area contributed by atoms with E-state index in [1.807, 2.05) is 36.4 Å². The predicted octanol–water partition coefficient (Wildman–Crippen LogP) is 3.13. The molecule has 27 heavy (non-hydrogen) atoms. The van der Waals surface area contributed by atoms with Gasteiger partial charge in [-0.3, -0.25) is 14.9 Å². The summed E-state index contributed by atoms with van der Waals surface area (Å²) in [6.07, 6.45) is 2.95. The van der Waals surface area contributed by atoms with E-state index in [1.165, 1.54) is 0 Å². The Morgan fingerprint density at radius 1 is 1.19 bits per heavy atom. The molecule has 1 aliphatic carbocycles. The Morgan fingerprint density at radius 2 is 1.96 bits per heavy atom. The van der Waals surface area contributed by atoms with Crippen molar-refractivity contribution in [2.45, 2.75) is 24.9 Å². The van der Waals surface area contributed by atoms with Crippen molar-refractivity contribution in [3.63, 3.8) is 0 Å². The third kappa shape index (κ3) is 3.78. The minimum absolute atomic E-state index is 0.0707. The first kappa shape index (κ1) is 17.5. The van der Waals surface area contributed by atoms with Crippen molar-refractivity contribution in [3.05, 3.63) is 63.7 Å². The normalized spacial score (nSPS) is 19.6. The van der Waals surface area contributed by atoms with Gasteiger partial charge in [0.1, 0.15) is 12.0 Å². The van der Waals surface area contributed by atoms with Gasteiger partial charge in [0.2, 0.25) is 0 Å². The van der Waals surface area contributed by atoms with Crippen molar-refractivity contribution in [2.75, 3.05) is 29.9 Å². The minimum atomic E-state index is -0.330. The summed E-state index contributed by atoms with van der Waals surface area (Å²) in [7, 11) is 0. The van der Waals surface area contributed by atoms with Crippen molar-refractivity contribution in [3.8, 4) is 0 Å². The number of hydrogen-bond donors (Lipinski definition) is 2. The monoisotopic (exact) mass is 366 g/mol. The highest BCUT2D eigenvalue weighted by atomic mass is 16.6. The van der Waals surface area contributed by atoms with Crippen molar-refractivity contribution in [1.82, 2.24) is 5.32 Å². The number of nitro benzene ring substituents is 1. The topological polar surface area (TPSA) is 87.5 Å². The van der Waals surface area contributed by atoms with Gasteiger partial charge in [-0.2, -0.15) is 0 Å². The van der Waals surface area contributed by atoms with Crippen LogP contribution in [0.15, 0.2) is 42.5 Å². The highest BCUT2D eigenvalue weighted by Gasteiger charge is 2.28. The van der Waals surface area contributed by atoms with Crippen LogP contribution in [0.1, 0.15) is 34.8 Å². The van der Waals surface area contributed by atoms with Crippen LogP contribution in [0.4, 0.5) is 17.1 Å². The molecule has 2 aromatic carbocycles. The van der Waals surface area contributed by atoms with Crippen LogP contribution in [0.2, 0.25) is 0 Å². The molecule has 2 aliphatic rings. The highest BCUT2D eigenvalue weighted by Crippen LogP contribution is 2.35. The number of benzene rings is 2. The number of carbonyl (C=O) groups is 1. The number of carbonyl (C=O) groups excluding carboxylic acids is 1. The van der Waals surface area contributed by atoms with E-state index in [-0.39, 0.29) is 16.7 Å². The van der Waals surface area contributed by atoms with Gasteiger partial charge in [-0.05, 0) is 54.8 Å². The number of nitro groups is 1. The van der Waals surface area contributed by atoms with E-state index in [4.69, 9.17) is 0 Å². The van der Waals surface area contributed by atoms with Gasteiger partial charge in [0, 0.05) is 43.0 Å². The lowest BCUT2D eigenvalue weighted by atomic mass is 10.0. The lowest BCUT2D eigenvalue weighted by Crippen LogP contribution is -2.46. The first-order valence-corrected chi connectivity index (χ1v) is 9.23. The lowest BCUT2D eigenvalue weighted by molar-refractivity contribution is -0.384. The number of nitrogens with zero attached hydrogens (tertiary/aromatic N) is 2. The Kier molecular flexibility index (Phi) is 4.77. The molecule has 4 rings (SSSR count). The average Bonchev–Trinajstić information content (AvgIpc) is 3.52. The Balaban J connectivity index is 1.66. The maximum absolute atomic E-state index is 11.4. The molecule has 2 fully saturated rings. The molecule has 0 amide bonds. The lowest BCUT2D eigenvalue weighted by Gasteiger charge is -2.38. The largest absolute Gasteiger partial charge is 0.377 e. The number of anilines is 2. The Bertz CT molecular complexity index is 849. The molecule has 1 saturated carbocycles. The van der Waals surface area contributed by atoms with E-state index in [9.17, 15) is 14.9 Å². The smallest absolute Gasteiger partial charge is 0.292 e. The molecule has 2 N–H and O–H groups in total. The van der Waals surface area contributed by atoms with E-state index >= 15 is 0 Å². The maximum atomic E-state index is 11.4. The van der Waals surface area contributed by atoms with Gasteiger partial charge in [0.05, 0.1) is 11.0 Å². The van der Waals surface area contributed by atoms with Crippen LogP contribution < -0.4 is 15.5 Å². The molecule has 0 radical (unpaired) electrons. The highest BCUT2D eigenvalue weighted by molar-refractivity contribution is 5.76. The van der Waals surface area contributed by atoms with E-state index in [0.29, 0.717) is 17.3 Å². The van der Waals surface area contributed by atoms with E-state index in [0.717, 1.165) is 50.0 Å². The fourth-order valence-electron chi connectivity index (χ4n) is 3.54. The molecule has 1 saturated heterocycles. The fraction of sp³-hybridized carbons (Fsp3) is 0.350. The van der Waals surface area contributed by atoms with Gasteiger partial charge in [-0.25, -0.2) is 0 Å². The quantitative estimate of drug-likeness (QED) is 0.464. The summed E-state index contributed by atoms with van der Waals surface area (Å²) in [4.78, 5) is 24.2. The molecule has 2 aromatic rings. The molecule has 0 bridgehead atoms. The first-order valence-electron chi connectivity index (χ1n) is 9.23. The molecular weight excluding hydrogens is 344 g/mol. The van der Waals surface area contributed by atoms with Gasteiger partial charge in [-0.1, -0.05) is 0 Å². The number of piperazine rings is 1. The van der Waals surface area contributed by atoms with Gasteiger partial charge in [0.25, 0.3) is 5.69 Å². The Labute approximate surface area is 157 Å². The summed E-state index contributed by atoms with van der Waals surface area (Å²) in [5.74, 6) is 0. The van der Waals surface area contributed by atoms with Crippen LogP contribution in [-0.4, -0.2) is 36.9 Å². The summed E-state index contributed by atoms with van der Waals surface area (Å²) >= 11 is 0. The first-order chi connectivity index (χ1) is 13.2. The molecule has 1 aliphatic heterocycles. The molecule has 140 valence electrons. The number of hydrogen-bond acceptors (Lipinski definition) is 6. The van der Waals surface area contributed by atoms with Crippen molar-refractivity contribution >= 4 is 23.3 Å². The summed E-state index contributed by atoms with van der Waals surface area (Å²) in [5.41, 5.74) is 3.45. The van der Waals surface area contributed by atoms with Crippen molar-refractivity contribution in [1.29, 1.82) is 0 Å². The molecule has 1 unspecified atom stereocenters. The standard InChI is InChI=1S/C20H22N4O3/c25-13-14-1-6-17(7-2-14)23-10-9-21-12-20(23)15-3-8-19(24(26)27)18(11-15)22-16-4-5-16/h1-3,6-8,11,13,16,20-22H,4-5,9-10,12H2. The molecular formula is C20H22N4O3. The third-order valence-corrected chi connectivity index (χ3v) is 5.14. The fourth-order valence-corrected chi connectivity index (χ4v) is 3.54. The third-order valence-electron chi connectivity index (χ3n) is 5.14. The van der Waals surface area contributed by atoms with Crippen LogP contribution in [0.25, 0.3) is 0 Å². The molecule has 0 aromatic heterocycles. The van der Waals surface area contributed by atoms with Crippen LogP contribution in [-0.2, 0) is 0 Å². The van der Waals surface area contributed by atoms with Crippen LogP contribution in [0.5, 0.6) is 0 Å². The zero-order chi connectivity index (χ0) is 18.8. The second-order valence-corrected chi connectivity index (χ2v) is 7.08. The van der Waals surface area contributed by atoms with Crippen LogP contribution in [0.3, 0.4) is 0 Å². The average molecular weight is 366 g/mol. The summed E-state index contributed by atoms with van der Waals surface area (Å²) in [6.45, 7) is 2.45. The zero-order valence-electron chi connectivity index (χ0n) is 14.9. The maximum Gasteiger partial charge on any atom is 0.292 e. The zero-order valence-corrected chi connectivity index (χ0v) is 14.9. The van der Waals surface area contributed by atoms with Gasteiger partial charge in [0.15, 0.2) is 0 Å². The van der Waals surface area contributed by atoms with Crippen LogP contribution >= 0.6 is 0 Å². The van der Waals surface area contributed by atoms with Gasteiger partial charge in [-0.15, -0.1) is 0 Å². The molecule has 0 spiro atoms. The minimum Gasteiger partial charge on any atom is -0.377 e. The molecule has 1 heterocycles. The number of aldehydes is 1. The predicted molar refractivity (Wildman–Crippen MR) is 105 cm³/mol. The molecule has 1 atom stereocenters. The SMILES string of the molecule is O=Cc1ccc(N2CCNCC2c2ccc([N+](=O)[O-])c(NC3CC3)c2)cc1. The van der Waals surface area contributed by atoms with Crippen molar-refractivity contribution < 1.29 is 9.72 Å². The van der Waals surface area contributed by atoms with Gasteiger partial charge >= 0.3 is 0 Å². The second-order valence-electron chi connectivity index (χ2n) is 7.08. The summed E-state index contributed by atoms with van der Waals surface area (Å²) < 4.78 is 0. The second kappa shape index (κ2) is 7.36. The number of rotatable bonds is 6. The van der Waals surface area contributed by atoms with E-state index in [1.54, 1.807) is 6.07 Å². The molecule has 7 heteroatoms. The Hall–Kier alpha value is -2.93. The summed E-state index contributed by atoms with van der Waals surface area (Å²) in [5, 5.41) is 18.1. The molecule has 7 nitrogen and oxygen atoms in total. The van der Waals surface area contributed by atoms with E-state index in [2.05, 4.69) is 15.5 Å². The van der Waals surface area contributed by atoms with Crippen molar-refractivity contribution in [2.24, 2.45) is 0 Å². The Morgan fingerprint density at radius 3 is 2.63 bits per heavy atom. The summed E-state index contributed by atoms with van der Waals surface area (Å²) in [6, 6.07) is 13.3. The van der Waals surface area contributed by atoms with Crippen LogP contribution in [0, 0.1) is 10.1 Å². The number of nitrogens with one attached hydrogen (secondary N) is 2. The van der Waals surface area contributed by atoms with Gasteiger partial charge < -0.3 is 15.5 Å².